The van der Waals surface area contributed by atoms with Crippen LogP contribution in [0.3, 0.4) is 0 Å². The van der Waals surface area contributed by atoms with Gasteiger partial charge < -0.3 is 0 Å². The summed E-state index contributed by atoms with van der Waals surface area (Å²) in [6.45, 7) is 0. The van der Waals surface area contributed by atoms with Crippen LogP contribution >= 0.6 is 0 Å². The van der Waals surface area contributed by atoms with E-state index < -0.39 is 0 Å². The lowest BCUT2D eigenvalue weighted by atomic mass is 9.88. The van der Waals surface area contributed by atoms with Gasteiger partial charge in [-0.15, -0.1) is 0 Å². The van der Waals surface area contributed by atoms with Crippen molar-refractivity contribution < 1.29 is 0 Å². The van der Waals surface area contributed by atoms with E-state index in [2.05, 4.69) is 12.1 Å². The zero-order valence-electron chi connectivity index (χ0n) is 20.8. The normalized spacial score (nSPS) is 10.1. The zero-order valence-corrected chi connectivity index (χ0v) is 20.8. The molecule has 0 N–H and O–H groups in total. The molecule has 2 heteroatoms. The minimum absolute atomic E-state index is 0.586. The summed E-state index contributed by atoms with van der Waals surface area (Å²) in [6.07, 6.45) is 0. The molecule has 0 atom stereocenters. The van der Waals surface area contributed by atoms with Crippen molar-refractivity contribution in [2.24, 2.45) is 0 Å². The predicted molar refractivity (Wildman–Crippen MR) is 155 cm³/mol. The highest BCUT2D eigenvalue weighted by Crippen LogP contribution is 2.35. The minimum atomic E-state index is 0.586. The lowest BCUT2D eigenvalue weighted by Crippen LogP contribution is -1.96. The average molecular weight is 485 g/mol. The van der Waals surface area contributed by atoms with Crippen LogP contribution in [0.2, 0.25) is 0 Å². The Morgan fingerprint density at radius 3 is 0.763 bits per heavy atom. The maximum Gasteiger partial charge on any atom is 0.100 e. The van der Waals surface area contributed by atoms with Gasteiger partial charge in [-0.2, -0.15) is 10.5 Å². The number of hydrogen-bond donors (Lipinski definition) is 0. The summed E-state index contributed by atoms with van der Waals surface area (Å²) in [4.78, 5) is 0. The second kappa shape index (κ2) is 11.5. The molecule has 0 aromatic heterocycles. The van der Waals surface area contributed by atoms with Gasteiger partial charge in [-0.3, -0.25) is 0 Å². The Hall–Kier alpha value is -5.44. The molecule has 0 aliphatic rings. The molecule has 0 heterocycles. The second-order valence-corrected chi connectivity index (χ2v) is 8.77. The molecule has 0 saturated carbocycles. The summed E-state index contributed by atoms with van der Waals surface area (Å²) in [7, 11) is 0. The van der Waals surface area contributed by atoms with Crippen molar-refractivity contribution in [1.29, 1.82) is 10.5 Å². The summed E-state index contributed by atoms with van der Waals surface area (Å²) in [5.41, 5.74) is 8.46. The lowest BCUT2D eigenvalue weighted by Gasteiger charge is -2.14. The minimum Gasteiger partial charge on any atom is -0.192 e. The molecule has 0 saturated heterocycles. The first-order valence-corrected chi connectivity index (χ1v) is 12.4. The van der Waals surface area contributed by atoms with E-state index in [1.54, 1.807) is 0 Å². The molecule has 0 bridgehead atoms. The molecule has 0 unspecified atom stereocenters. The molecule has 5 aromatic carbocycles. The van der Waals surface area contributed by atoms with Crippen molar-refractivity contribution in [3.8, 4) is 12.1 Å². The number of benzene rings is 5. The number of hydrogen-bond acceptors (Lipinski definition) is 2. The molecule has 5 aromatic rings. The van der Waals surface area contributed by atoms with E-state index in [0.717, 1.165) is 44.5 Å². The summed E-state index contributed by atoms with van der Waals surface area (Å²) >= 11 is 0. The zero-order chi connectivity index (χ0) is 26.2. The Morgan fingerprint density at radius 2 is 0.553 bits per heavy atom. The van der Waals surface area contributed by atoms with Gasteiger partial charge in [0, 0.05) is 11.1 Å². The van der Waals surface area contributed by atoms with Gasteiger partial charge in [-0.25, -0.2) is 0 Å². The molecule has 2 nitrogen and oxygen atoms in total. The predicted octanol–water partition coefficient (Wildman–Crippen LogP) is 8.65. The van der Waals surface area contributed by atoms with E-state index in [9.17, 15) is 10.5 Å². The van der Waals surface area contributed by atoms with E-state index in [0.29, 0.717) is 11.1 Å². The van der Waals surface area contributed by atoms with Gasteiger partial charge in [-0.05, 0) is 33.4 Å². The van der Waals surface area contributed by atoms with Crippen LogP contribution in [0.25, 0.3) is 22.3 Å². The Balaban J connectivity index is 1.67. The van der Waals surface area contributed by atoms with Crippen LogP contribution in [0.4, 0.5) is 0 Å². The number of rotatable bonds is 6. The fourth-order valence-corrected chi connectivity index (χ4v) is 4.66. The standard InChI is InChI=1S/C36H24N2/c37-25-33(35(29-13-5-1-6-14-29)30-15-7-2-8-16-30)27-21-23-28(24-22-27)34(26-38)36(31-17-9-3-10-18-31)32-19-11-4-12-20-32/h1-24H. The quantitative estimate of drug-likeness (QED) is 0.179. The fourth-order valence-electron chi connectivity index (χ4n) is 4.66. The molecular formula is C36H24N2. The SMILES string of the molecule is N#CC(=C(c1ccccc1)c1ccccc1)c1ccc(C(C#N)=C(c2ccccc2)c2ccccc2)cc1. The number of allylic oxidation sites excluding steroid dienone is 2. The van der Waals surface area contributed by atoms with Gasteiger partial charge in [0.15, 0.2) is 0 Å². The molecule has 0 aliphatic carbocycles. The van der Waals surface area contributed by atoms with Crippen LogP contribution in [-0.2, 0) is 0 Å². The van der Waals surface area contributed by atoms with Crippen LogP contribution in [0.1, 0.15) is 33.4 Å². The van der Waals surface area contributed by atoms with Gasteiger partial charge in [-0.1, -0.05) is 146 Å². The number of nitrogens with zero attached hydrogens (tertiary/aromatic N) is 2. The van der Waals surface area contributed by atoms with Crippen LogP contribution in [0, 0.1) is 22.7 Å². The van der Waals surface area contributed by atoms with Gasteiger partial charge >= 0.3 is 0 Å². The topological polar surface area (TPSA) is 47.6 Å². The van der Waals surface area contributed by atoms with Gasteiger partial charge in [0.2, 0.25) is 0 Å². The maximum absolute atomic E-state index is 10.3. The van der Waals surface area contributed by atoms with Gasteiger partial charge in [0.1, 0.15) is 12.1 Å². The van der Waals surface area contributed by atoms with Crippen molar-refractivity contribution in [3.05, 3.63) is 179 Å². The first-order valence-electron chi connectivity index (χ1n) is 12.4. The third-order valence-electron chi connectivity index (χ3n) is 6.44. The largest absolute Gasteiger partial charge is 0.192 e. The first kappa shape index (κ1) is 24.3. The molecular weight excluding hydrogens is 460 g/mol. The fraction of sp³-hybridized carbons (Fsp3) is 0. The van der Waals surface area contributed by atoms with Gasteiger partial charge in [0.05, 0.1) is 11.1 Å². The highest BCUT2D eigenvalue weighted by atomic mass is 14.3. The molecule has 0 radical (unpaired) electrons. The highest BCUT2D eigenvalue weighted by molar-refractivity contribution is 6.05. The lowest BCUT2D eigenvalue weighted by molar-refractivity contribution is 1.48. The van der Waals surface area contributed by atoms with E-state index in [1.807, 2.05) is 146 Å². The third-order valence-corrected chi connectivity index (χ3v) is 6.44. The van der Waals surface area contributed by atoms with Crippen molar-refractivity contribution in [3.63, 3.8) is 0 Å². The van der Waals surface area contributed by atoms with E-state index in [1.165, 1.54) is 0 Å². The molecule has 178 valence electrons. The Bertz CT molecular complexity index is 1450. The molecule has 0 fully saturated rings. The first-order chi connectivity index (χ1) is 18.8. The van der Waals surface area contributed by atoms with Crippen LogP contribution in [0.5, 0.6) is 0 Å². The van der Waals surface area contributed by atoms with E-state index in [4.69, 9.17) is 0 Å². The maximum atomic E-state index is 10.3. The Kier molecular flexibility index (Phi) is 7.36. The Morgan fingerprint density at radius 1 is 0.316 bits per heavy atom. The van der Waals surface area contributed by atoms with Crippen molar-refractivity contribution in [2.45, 2.75) is 0 Å². The molecule has 0 amide bonds. The van der Waals surface area contributed by atoms with E-state index in [-0.39, 0.29) is 0 Å². The molecule has 38 heavy (non-hydrogen) atoms. The summed E-state index contributed by atoms with van der Waals surface area (Å²) in [5.74, 6) is 0. The van der Waals surface area contributed by atoms with E-state index >= 15 is 0 Å². The monoisotopic (exact) mass is 484 g/mol. The highest BCUT2D eigenvalue weighted by Gasteiger charge is 2.16. The smallest absolute Gasteiger partial charge is 0.100 e. The average Bonchev–Trinajstić information content (AvgIpc) is 3.00. The van der Waals surface area contributed by atoms with Crippen LogP contribution < -0.4 is 0 Å². The van der Waals surface area contributed by atoms with Crippen molar-refractivity contribution in [2.75, 3.05) is 0 Å². The molecule has 0 aliphatic heterocycles. The third kappa shape index (κ3) is 5.07. The van der Waals surface area contributed by atoms with Crippen molar-refractivity contribution >= 4 is 22.3 Å². The summed E-state index contributed by atoms with van der Waals surface area (Å²) < 4.78 is 0. The summed E-state index contributed by atoms with van der Waals surface area (Å²) in [6, 6.07) is 52.6. The van der Waals surface area contributed by atoms with Gasteiger partial charge in [0.25, 0.3) is 0 Å². The number of nitriles is 2. The summed E-state index contributed by atoms with van der Waals surface area (Å²) in [5, 5.41) is 20.6. The van der Waals surface area contributed by atoms with Crippen molar-refractivity contribution in [1.82, 2.24) is 0 Å². The molecule has 5 rings (SSSR count). The Labute approximate surface area is 223 Å². The second-order valence-electron chi connectivity index (χ2n) is 8.77. The van der Waals surface area contributed by atoms with Crippen LogP contribution in [0.15, 0.2) is 146 Å². The van der Waals surface area contributed by atoms with Crippen LogP contribution in [-0.4, -0.2) is 0 Å². The molecule has 0 spiro atoms.